The molecule has 1 aromatic carbocycles. The van der Waals surface area contributed by atoms with Gasteiger partial charge in [-0.25, -0.2) is 13.6 Å². The first-order valence-corrected chi connectivity index (χ1v) is 8.85. The first kappa shape index (κ1) is 18.0. The van der Waals surface area contributed by atoms with Crippen LogP contribution in [0.1, 0.15) is 46.5 Å². The molecule has 0 unspecified atom stereocenters. The Hall–Kier alpha value is -1.85. The number of hydrogen-bond donors (Lipinski definition) is 1. The highest BCUT2D eigenvalue weighted by Crippen LogP contribution is 2.50. The molecule has 1 saturated carbocycles. The first-order valence-electron chi connectivity index (χ1n) is 8.85. The molecule has 138 valence electrons. The van der Waals surface area contributed by atoms with Crippen LogP contribution in [0.2, 0.25) is 0 Å². The molecule has 1 aromatic rings. The molecular formula is C19H26F2N2O2. The Morgan fingerprint density at radius 3 is 2.24 bits per heavy atom. The van der Waals surface area contributed by atoms with E-state index in [2.05, 4.69) is 5.32 Å². The van der Waals surface area contributed by atoms with Crippen molar-refractivity contribution < 1.29 is 18.3 Å². The first-order chi connectivity index (χ1) is 11.6. The summed E-state index contributed by atoms with van der Waals surface area (Å²) >= 11 is 0. The van der Waals surface area contributed by atoms with Gasteiger partial charge in [-0.2, -0.15) is 0 Å². The molecule has 2 aliphatic rings. The number of carbonyl (C=O) groups is 1. The predicted octanol–water partition coefficient (Wildman–Crippen LogP) is 4.56. The summed E-state index contributed by atoms with van der Waals surface area (Å²) < 4.78 is 31.9. The van der Waals surface area contributed by atoms with Gasteiger partial charge in [0.25, 0.3) is 0 Å². The maximum absolute atomic E-state index is 13.3. The standard InChI is InChI=1S/C19H26F2N2O2/c1-18(2,3)25-17(24)23-6-4-19(5-7-23)11-16(12-19)22-15-9-13(20)8-14(21)10-15/h8-10,16,22H,4-7,11-12H2,1-3H3. The number of piperidine rings is 1. The van der Waals surface area contributed by atoms with E-state index in [-0.39, 0.29) is 17.6 Å². The monoisotopic (exact) mass is 352 g/mol. The van der Waals surface area contributed by atoms with E-state index >= 15 is 0 Å². The van der Waals surface area contributed by atoms with Crippen molar-refractivity contribution >= 4 is 11.8 Å². The molecular weight excluding hydrogens is 326 g/mol. The summed E-state index contributed by atoms with van der Waals surface area (Å²) in [7, 11) is 0. The van der Waals surface area contributed by atoms with E-state index in [0.29, 0.717) is 18.8 Å². The lowest BCUT2D eigenvalue weighted by atomic mass is 9.60. The normalized spacial score (nSPS) is 20.3. The van der Waals surface area contributed by atoms with Crippen molar-refractivity contribution in [2.75, 3.05) is 18.4 Å². The lowest BCUT2D eigenvalue weighted by Crippen LogP contribution is -2.53. The van der Waals surface area contributed by atoms with Gasteiger partial charge in [-0.05, 0) is 64.0 Å². The number of likely N-dealkylation sites (tertiary alicyclic amines) is 1. The molecule has 0 bridgehead atoms. The molecule has 1 aliphatic carbocycles. The zero-order valence-electron chi connectivity index (χ0n) is 15.1. The number of hydrogen-bond acceptors (Lipinski definition) is 3. The van der Waals surface area contributed by atoms with Crippen LogP contribution < -0.4 is 5.32 Å². The Morgan fingerprint density at radius 1 is 1.16 bits per heavy atom. The molecule has 1 amide bonds. The third-order valence-electron chi connectivity index (χ3n) is 5.07. The Morgan fingerprint density at radius 2 is 1.72 bits per heavy atom. The average molecular weight is 352 g/mol. The van der Waals surface area contributed by atoms with Crippen LogP contribution >= 0.6 is 0 Å². The van der Waals surface area contributed by atoms with Gasteiger partial charge in [-0.3, -0.25) is 0 Å². The maximum atomic E-state index is 13.3. The molecule has 3 rings (SSSR count). The number of benzene rings is 1. The van der Waals surface area contributed by atoms with Crippen molar-refractivity contribution in [3.63, 3.8) is 0 Å². The lowest BCUT2D eigenvalue weighted by molar-refractivity contribution is -0.00859. The highest BCUT2D eigenvalue weighted by atomic mass is 19.1. The summed E-state index contributed by atoms with van der Waals surface area (Å²) in [6.07, 6.45) is 3.58. The van der Waals surface area contributed by atoms with Gasteiger partial charge in [0.2, 0.25) is 0 Å². The number of anilines is 1. The number of nitrogens with zero attached hydrogens (tertiary/aromatic N) is 1. The van der Waals surface area contributed by atoms with E-state index in [4.69, 9.17) is 4.74 Å². The van der Waals surface area contributed by atoms with Crippen LogP contribution in [0.3, 0.4) is 0 Å². The second-order valence-electron chi connectivity index (χ2n) is 8.38. The summed E-state index contributed by atoms with van der Waals surface area (Å²) in [6.45, 7) is 7.02. The van der Waals surface area contributed by atoms with E-state index in [9.17, 15) is 13.6 Å². The minimum absolute atomic E-state index is 0.231. The molecule has 2 fully saturated rings. The van der Waals surface area contributed by atoms with Crippen LogP contribution in [-0.2, 0) is 4.74 Å². The molecule has 0 aromatic heterocycles. The summed E-state index contributed by atoms with van der Waals surface area (Å²) in [5, 5.41) is 3.21. The summed E-state index contributed by atoms with van der Waals surface area (Å²) in [5.41, 5.74) is 0.253. The molecule has 1 N–H and O–H groups in total. The van der Waals surface area contributed by atoms with E-state index < -0.39 is 17.2 Å². The van der Waals surface area contributed by atoms with Gasteiger partial charge in [-0.15, -0.1) is 0 Å². The van der Waals surface area contributed by atoms with Gasteiger partial charge in [0.15, 0.2) is 0 Å². The molecule has 1 aliphatic heterocycles. The van der Waals surface area contributed by atoms with Gasteiger partial charge in [0.1, 0.15) is 17.2 Å². The number of halogens is 2. The van der Waals surface area contributed by atoms with Crippen LogP contribution in [0, 0.1) is 17.0 Å². The molecule has 1 spiro atoms. The van der Waals surface area contributed by atoms with Crippen LogP contribution in [0.5, 0.6) is 0 Å². The molecule has 0 atom stereocenters. The van der Waals surface area contributed by atoms with Crippen LogP contribution in [0.25, 0.3) is 0 Å². The second kappa shape index (κ2) is 6.46. The SMILES string of the molecule is CC(C)(C)OC(=O)N1CCC2(CC1)CC(Nc1cc(F)cc(F)c1)C2. The number of rotatable bonds is 2. The molecule has 1 saturated heterocycles. The Labute approximate surface area is 147 Å². The minimum Gasteiger partial charge on any atom is -0.444 e. The molecule has 1 heterocycles. The largest absolute Gasteiger partial charge is 0.444 e. The van der Waals surface area contributed by atoms with Crippen molar-refractivity contribution in [3.8, 4) is 0 Å². The van der Waals surface area contributed by atoms with Crippen molar-refractivity contribution in [1.82, 2.24) is 4.90 Å². The second-order valence-corrected chi connectivity index (χ2v) is 8.38. The van der Waals surface area contributed by atoms with Gasteiger partial charge >= 0.3 is 6.09 Å². The third-order valence-corrected chi connectivity index (χ3v) is 5.07. The van der Waals surface area contributed by atoms with Gasteiger partial charge in [-0.1, -0.05) is 0 Å². The van der Waals surface area contributed by atoms with Crippen molar-refractivity contribution in [2.45, 2.75) is 58.1 Å². The molecule has 4 nitrogen and oxygen atoms in total. The van der Waals surface area contributed by atoms with Crippen LogP contribution in [0.4, 0.5) is 19.3 Å². The number of ether oxygens (including phenoxy) is 1. The Balaban J connectivity index is 1.47. The van der Waals surface area contributed by atoms with Crippen molar-refractivity contribution in [3.05, 3.63) is 29.8 Å². The van der Waals surface area contributed by atoms with Crippen LogP contribution in [0.15, 0.2) is 18.2 Å². The fourth-order valence-corrected chi connectivity index (χ4v) is 3.86. The quantitative estimate of drug-likeness (QED) is 0.848. The van der Waals surface area contributed by atoms with E-state index in [1.165, 1.54) is 12.1 Å². The van der Waals surface area contributed by atoms with Crippen molar-refractivity contribution in [1.29, 1.82) is 0 Å². The lowest BCUT2D eigenvalue weighted by Gasteiger charge is -2.52. The maximum Gasteiger partial charge on any atom is 0.410 e. The number of nitrogens with one attached hydrogen (secondary N) is 1. The zero-order valence-corrected chi connectivity index (χ0v) is 15.1. The van der Waals surface area contributed by atoms with Gasteiger partial charge in [0, 0.05) is 30.9 Å². The topological polar surface area (TPSA) is 41.6 Å². The van der Waals surface area contributed by atoms with Crippen LogP contribution in [-0.4, -0.2) is 35.7 Å². The van der Waals surface area contributed by atoms with Gasteiger partial charge < -0.3 is 15.0 Å². The molecule has 0 radical (unpaired) electrons. The highest BCUT2D eigenvalue weighted by molar-refractivity contribution is 5.68. The molecule has 25 heavy (non-hydrogen) atoms. The van der Waals surface area contributed by atoms with Gasteiger partial charge in [0.05, 0.1) is 0 Å². The van der Waals surface area contributed by atoms with E-state index in [1.54, 1.807) is 4.90 Å². The van der Waals surface area contributed by atoms with E-state index in [0.717, 1.165) is 31.7 Å². The number of carbonyl (C=O) groups excluding carboxylic acids is 1. The fraction of sp³-hybridized carbons (Fsp3) is 0.632. The zero-order chi connectivity index (χ0) is 18.2. The number of amides is 1. The summed E-state index contributed by atoms with van der Waals surface area (Å²) in [5.74, 6) is -1.13. The summed E-state index contributed by atoms with van der Waals surface area (Å²) in [6, 6.07) is 3.74. The molecule has 6 heteroatoms. The smallest absolute Gasteiger partial charge is 0.410 e. The van der Waals surface area contributed by atoms with Crippen molar-refractivity contribution in [2.24, 2.45) is 5.41 Å². The Bertz CT molecular complexity index is 621. The highest BCUT2D eigenvalue weighted by Gasteiger charge is 2.46. The third kappa shape index (κ3) is 4.41. The fourth-order valence-electron chi connectivity index (χ4n) is 3.86. The predicted molar refractivity (Wildman–Crippen MR) is 92.5 cm³/mol. The minimum atomic E-state index is -0.567. The summed E-state index contributed by atoms with van der Waals surface area (Å²) in [4.78, 5) is 13.9. The van der Waals surface area contributed by atoms with E-state index in [1.807, 2.05) is 20.8 Å². The average Bonchev–Trinajstić information content (AvgIpc) is 2.43. The Kier molecular flexibility index (Phi) is 4.64.